The van der Waals surface area contributed by atoms with E-state index in [-0.39, 0.29) is 0 Å². The van der Waals surface area contributed by atoms with Gasteiger partial charge in [0.05, 0.1) is 6.21 Å². The second kappa shape index (κ2) is 9.93. The van der Waals surface area contributed by atoms with Gasteiger partial charge in [-0.1, -0.05) is 48.5 Å². The highest BCUT2D eigenvalue weighted by atomic mass is 16.6. The number of hydrogen-bond acceptors (Lipinski definition) is 5. The molecule has 2 aromatic carbocycles. The second-order valence-electron chi connectivity index (χ2n) is 8.17. The van der Waals surface area contributed by atoms with Gasteiger partial charge < -0.3 is 14.8 Å². The molecule has 1 heterocycles. The summed E-state index contributed by atoms with van der Waals surface area (Å²) in [5.74, 6) is 0.372. The maximum atomic E-state index is 12.7. The van der Waals surface area contributed by atoms with Gasteiger partial charge in [0, 0.05) is 17.6 Å². The van der Waals surface area contributed by atoms with E-state index in [1.807, 2.05) is 60.7 Å². The zero-order valence-corrected chi connectivity index (χ0v) is 17.9. The van der Waals surface area contributed by atoms with Crippen molar-refractivity contribution in [3.05, 3.63) is 71.3 Å². The fraction of sp³-hybridized carbons (Fsp3) is 0.292. The van der Waals surface area contributed by atoms with Crippen LogP contribution in [0.1, 0.15) is 31.9 Å². The number of fused-ring (bicyclic) bond motifs is 1. The van der Waals surface area contributed by atoms with E-state index < -0.39 is 23.6 Å². The van der Waals surface area contributed by atoms with E-state index >= 15 is 0 Å². The lowest BCUT2D eigenvalue weighted by Gasteiger charge is -2.23. The number of ether oxygens (including phenoxy) is 2. The number of alkyl carbamates (subject to hydrolysis) is 1. The number of para-hydroxylation sites is 1. The first-order valence-electron chi connectivity index (χ1n) is 10.1. The molecule has 162 valence electrons. The lowest BCUT2D eigenvalue weighted by Crippen LogP contribution is -2.48. The van der Waals surface area contributed by atoms with Crippen LogP contribution in [0.5, 0.6) is 5.75 Å². The smallest absolute Gasteiger partial charge is 0.408 e. The van der Waals surface area contributed by atoms with Crippen LogP contribution in [0.2, 0.25) is 0 Å². The Hall–Kier alpha value is -3.61. The van der Waals surface area contributed by atoms with Crippen LogP contribution in [-0.2, 0) is 16.0 Å². The quantitative estimate of drug-likeness (QED) is 0.550. The number of nitrogens with one attached hydrogen (secondary N) is 2. The first-order chi connectivity index (χ1) is 14.8. The molecule has 31 heavy (non-hydrogen) atoms. The van der Waals surface area contributed by atoms with Gasteiger partial charge in [-0.25, -0.2) is 10.2 Å². The summed E-state index contributed by atoms with van der Waals surface area (Å²) in [6.45, 7) is 5.66. The molecule has 2 amide bonds. The van der Waals surface area contributed by atoms with E-state index in [2.05, 4.69) is 15.8 Å². The third-order valence-corrected chi connectivity index (χ3v) is 4.35. The second-order valence-corrected chi connectivity index (χ2v) is 8.17. The van der Waals surface area contributed by atoms with Crippen molar-refractivity contribution in [2.45, 2.75) is 38.8 Å². The molecule has 7 heteroatoms. The Morgan fingerprint density at radius 3 is 2.58 bits per heavy atom. The number of carbonyl (C=O) groups excluding carboxylic acids is 2. The van der Waals surface area contributed by atoms with E-state index in [0.29, 0.717) is 13.0 Å². The summed E-state index contributed by atoms with van der Waals surface area (Å²) >= 11 is 0. The molecule has 0 fully saturated rings. The van der Waals surface area contributed by atoms with Crippen molar-refractivity contribution in [2.75, 3.05) is 6.61 Å². The molecule has 3 rings (SSSR count). The summed E-state index contributed by atoms with van der Waals surface area (Å²) in [5.41, 5.74) is 4.52. The number of benzene rings is 2. The van der Waals surface area contributed by atoms with Crippen LogP contribution in [0.25, 0.3) is 6.08 Å². The number of carbonyl (C=O) groups is 2. The number of hydrazone groups is 1. The molecule has 1 atom stereocenters. The number of hydrogen-bond donors (Lipinski definition) is 2. The Labute approximate surface area is 182 Å². The van der Waals surface area contributed by atoms with Crippen molar-refractivity contribution in [1.82, 2.24) is 10.7 Å². The molecule has 0 spiro atoms. The Kier molecular flexibility index (Phi) is 7.07. The van der Waals surface area contributed by atoms with Gasteiger partial charge in [-0.3, -0.25) is 4.79 Å². The van der Waals surface area contributed by atoms with Gasteiger partial charge in [0.2, 0.25) is 0 Å². The highest BCUT2D eigenvalue weighted by Crippen LogP contribution is 2.24. The van der Waals surface area contributed by atoms with Gasteiger partial charge in [-0.2, -0.15) is 5.10 Å². The number of nitrogens with zero attached hydrogens (tertiary/aromatic N) is 1. The average molecular weight is 421 g/mol. The van der Waals surface area contributed by atoms with Gasteiger partial charge >= 0.3 is 6.09 Å². The van der Waals surface area contributed by atoms with Crippen molar-refractivity contribution in [3.8, 4) is 5.75 Å². The van der Waals surface area contributed by atoms with E-state index in [0.717, 1.165) is 22.4 Å². The predicted molar refractivity (Wildman–Crippen MR) is 120 cm³/mol. The Bertz CT molecular complexity index is 978. The van der Waals surface area contributed by atoms with Crippen LogP contribution in [0.4, 0.5) is 4.79 Å². The van der Waals surface area contributed by atoms with Gasteiger partial charge in [0.1, 0.15) is 24.0 Å². The minimum atomic E-state index is -0.841. The summed E-state index contributed by atoms with van der Waals surface area (Å²) < 4.78 is 11.0. The minimum absolute atomic E-state index is 0.306. The molecule has 0 aliphatic carbocycles. The van der Waals surface area contributed by atoms with E-state index in [1.165, 1.54) is 0 Å². The van der Waals surface area contributed by atoms with Gasteiger partial charge in [0.25, 0.3) is 5.91 Å². The van der Waals surface area contributed by atoms with E-state index in [9.17, 15) is 9.59 Å². The minimum Gasteiger partial charge on any atom is -0.488 e. The molecule has 1 aliphatic rings. The lowest BCUT2D eigenvalue weighted by molar-refractivity contribution is -0.123. The molecule has 1 aliphatic heterocycles. The first-order valence-corrected chi connectivity index (χ1v) is 10.1. The molecule has 2 aromatic rings. The third kappa shape index (κ3) is 6.99. The molecule has 2 N–H and O–H groups in total. The molecule has 0 saturated heterocycles. The summed E-state index contributed by atoms with van der Waals surface area (Å²) in [6.07, 6.45) is 3.14. The summed E-state index contributed by atoms with van der Waals surface area (Å²) in [4.78, 5) is 25.0. The zero-order chi connectivity index (χ0) is 22.3. The molecular formula is C24H27N3O4. The van der Waals surface area contributed by atoms with Crippen molar-refractivity contribution in [1.29, 1.82) is 0 Å². The Morgan fingerprint density at radius 2 is 1.84 bits per heavy atom. The van der Waals surface area contributed by atoms with Crippen molar-refractivity contribution >= 4 is 24.3 Å². The zero-order valence-electron chi connectivity index (χ0n) is 17.9. The largest absolute Gasteiger partial charge is 0.488 e. The Balaban J connectivity index is 1.65. The fourth-order valence-corrected chi connectivity index (χ4v) is 2.97. The van der Waals surface area contributed by atoms with Gasteiger partial charge in [-0.05, 0) is 38.5 Å². The summed E-state index contributed by atoms with van der Waals surface area (Å²) in [5, 5.41) is 6.68. The monoisotopic (exact) mass is 421 g/mol. The highest BCUT2D eigenvalue weighted by molar-refractivity contribution is 5.90. The van der Waals surface area contributed by atoms with Gasteiger partial charge in [0.15, 0.2) is 0 Å². The Morgan fingerprint density at radius 1 is 1.13 bits per heavy atom. The normalized spacial score (nSPS) is 14.1. The van der Waals surface area contributed by atoms with Crippen LogP contribution in [-0.4, -0.2) is 36.5 Å². The lowest BCUT2D eigenvalue weighted by atomic mass is 10.1. The molecular weight excluding hydrogens is 394 g/mol. The van der Waals surface area contributed by atoms with Crippen LogP contribution in [0.15, 0.2) is 65.3 Å². The van der Waals surface area contributed by atoms with Crippen LogP contribution in [0, 0.1) is 0 Å². The predicted octanol–water partition coefficient (Wildman–Crippen LogP) is 3.70. The van der Waals surface area contributed by atoms with Crippen molar-refractivity contribution < 1.29 is 19.1 Å². The standard InChI is InChI=1S/C24H27N3O4/c1-24(2,3)31-23(29)26-20(14-17-9-5-4-6-10-17)22(28)27-25-15-18-13-19-11-7-8-12-21(19)30-16-18/h4-13,15,20H,14,16H2,1-3H3,(H,26,29)(H,27,28). The van der Waals surface area contributed by atoms with Gasteiger partial charge in [-0.15, -0.1) is 0 Å². The summed E-state index contributed by atoms with van der Waals surface area (Å²) in [6, 6.07) is 16.3. The molecule has 7 nitrogen and oxygen atoms in total. The average Bonchev–Trinajstić information content (AvgIpc) is 2.72. The fourth-order valence-electron chi connectivity index (χ4n) is 2.97. The first kappa shape index (κ1) is 22.1. The van der Waals surface area contributed by atoms with Crippen LogP contribution >= 0.6 is 0 Å². The van der Waals surface area contributed by atoms with Crippen LogP contribution < -0.4 is 15.5 Å². The molecule has 0 saturated carbocycles. The molecule has 1 unspecified atom stereocenters. The maximum Gasteiger partial charge on any atom is 0.408 e. The third-order valence-electron chi connectivity index (χ3n) is 4.35. The van der Waals surface area contributed by atoms with E-state index in [1.54, 1.807) is 27.0 Å². The number of rotatable bonds is 6. The summed E-state index contributed by atoms with van der Waals surface area (Å²) in [7, 11) is 0. The molecule has 0 aromatic heterocycles. The SMILES string of the molecule is CC(C)(C)OC(=O)NC(Cc1ccccc1)C(=O)NN=CC1=Cc2ccccc2OC1. The molecule has 0 radical (unpaired) electrons. The van der Waals surface area contributed by atoms with E-state index in [4.69, 9.17) is 9.47 Å². The number of amides is 2. The van der Waals surface area contributed by atoms with Crippen molar-refractivity contribution in [3.63, 3.8) is 0 Å². The van der Waals surface area contributed by atoms with Crippen LogP contribution in [0.3, 0.4) is 0 Å². The highest BCUT2D eigenvalue weighted by Gasteiger charge is 2.24. The van der Waals surface area contributed by atoms with Crippen molar-refractivity contribution in [2.24, 2.45) is 5.10 Å². The topological polar surface area (TPSA) is 89.0 Å². The maximum absolute atomic E-state index is 12.7. The molecule has 0 bridgehead atoms.